The van der Waals surface area contributed by atoms with E-state index in [4.69, 9.17) is 37.4 Å². The van der Waals surface area contributed by atoms with Crippen LogP contribution in [-0.4, -0.2) is 82.7 Å². The minimum atomic E-state index is -0.505. The number of para-hydroxylation sites is 1. The van der Waals surface area contributed by atoms with Gasteiger partial charge in [0.2, 0.25) is 11.8 Å². The molecule has 3 heterocycles. The Morgan fingerprint density at radius 1 is 1.21 bits per heavy atom. The first-order valence-electron chi connectivity index (χ1n) is 12.4. The van der Waals surface area contributed by atoms with E-state index in [2.05, 4.69) is 37.6 Å². The molecule has 2 fully saturated rings. The Morgan fingerprint density at radius 3 is 2.79 bits per heavy atom. The second-order valence-corrected chi connectivity index (χ2v) is 10.0. The lowest BCUT2D eigenvalue weighted by Crippen LogP contribution is -2.42. The number of benzene rings is 1. The van der Waals surface area contributed by atoms with Crippen LogP contribution in [0.4, 0.5) is 17.3 Å². The van der Waals surface area contributed by atoms with Crippen molar-refractivity contribution in [3.05, 3.63) is 52.4 Å². The lowest BCUT2D eigenvalue weighted by Gasteiger charge is -2.29. The van der Waals surface area contributed by atoms with E-state index in [9.17, 15) is 4.79 Å². The largest absolute Gasteiger partial charge is 0.475 e. The van der Waals surface area contributed by atoms with Gasteiger partial charge >= 0.3 is 0 Å². The summed E-state index contributed by atoms with van der Waals surface area (Å²) in [6.07, 6.45) is 7.41. The molecule has 13 heteroatoms. The van der Waals surface area contributed by atoms with Gasteiger partial charge in [-0.05, 0) is 32.0 Å². The van der Waals surface area contributed by atoms with Crippen LogP contribution < -0.4 is 15.4 Å². The Balaban J connectivity index is 1.28. The summed E-state index contributed by atoms with van der Waals surface area (Å²) in [4.78, 5) is 24.1. The molecule has 5 rings (SSSR count). The molecule has 0 bridgehead atoms. The van der Waals surface area contributed by atoms with Gasteiger partial charge in [-0.1, -0.05) is 29.3 Å². The molecule has 1 atom stereocenters. The molecule has 2 N–H and O–H groups in total. The highest BCUT2D eigenvalue weighted by Crippen LogP contribution is 2.31. The van der Waals surface area contributed by atoms with E-state index in [-0.39, 0.29) is 30.1 Å². The molecule has 1 aromatic carbocycles. The average Bonchev–Trinajstić information content (AvgIpc) is 3.62. The summed E-state index contributed by atoms with van der Waals surface area (Å²) in [5.41, 5.74) is 1.12. The quantitative estimate of drug-likeness (QED) is 0.336. The highest BCUT2D eigenvalue weighted by molar-refractivity contribution is 6.40. The Hall–Kier alpha value is -2.96. The molecule has 38 heavy (non-hydrogen) atoms. The van der Waals surface area contributed by atoms with Crippen LogP contribution in [-0.2, 0) is 16.0 Å². The number of likely N-dealkylation sites (N-methyl/N-ethyl adjacent to an activating group) is 1. The van der Waals surface area contributed by atoms with E-state index < -0.39 is 5.91 Å². The number of amides is 1. The monoisotopic (exact) mass is 561 g/mol. The fourth-order valence-corrected chi connectivity index (χ4v) is 4.41. The molecule has 11 nitrogen and oxygen atoms in total. The fourth-order valence-electron chi connectivity index (χ4n) is 3.92. The highest BCUT2D eigenvalue weighted by atomic mass is 35.5. The number of hydrogen-bond donors (Lipinski definition) is 2. The highest BCUT2D eigenvalue weighted by Gasteiger charge is 2.23. The average molecular weight is 562 g/mol. The van der Waals surface area contributed by atoms with Crippen LogP contribution in [0.5, 0.6) is 5.88 Å². The van der Waals surface area contributed by atoms with Crippen molar-refractivity contribution in [1.29, 1.82) is 0 Å². The number of anilines is 3. The van der Waals surface area contributed by atoms with Gasteiger partial charge in [0.05, 0.1) is 59.6 Å². The summed E-state index contributed by atoms with van der Waals surface area (Å²) in [6, 6.07) is 4.97. The topological polar surface area (TPSA) is 116 Å². The Bertz CT molecular complexity index is 1250. The van der Waals surface area contributed by atoms with Crippen molar-refractivity contribution in [2.45, 2.75) is 31.6 Å². The zero-order chi connectivity index (χ0) is 26.5. The first kappa shape index (κ1) is 26.6. The van der Waals surface area contributed by atoms with Crippen LogP contribution in [0, 0.1) is 0 Å². The standard InChI is InChI=1S/C25H29Cl2N7O4/c1-33-7-8-36-18(14-33)15-34-13-16(11-29-34)30-25-28-12-19(24(32-25)38-10-9-37-17-5-6-17)23(35)31-22-20(26)3-2-4-21(22)27/h2-4,11-13,17-18H,5-10,14-15H2,1H3,(H,31,35)(H,28,30,32)/t18-/m0/s1. The van der Waals surface area contributed by atoms with Gasteiger partial charge in [0, 0.05) is 25.5 Å². The van der Waals surface area contributed by atoms with Crippen molar-refractivity contribution in [2.24, 2.45) is 0 Å². The first-order valence-corrected chi connectivity index (χ1v) is 13.2. The number of carbonyl (C=O) groups is 1. The van der Waals surface area contributed by atoms with Crippen LogP contribution in [0.2, 0.25) is 10.0 Å². The van der Waals surface area contributed by atoms with Crippen LogP contribution in [0.3, 0.4) is 0 Å². The van der Waals surface area contributed by atoms with E-state index in [1.54, 1.807) is 24.4 Å². The van der Waals surface area contributed by atoms with Crippen molar-refractivity contribution in [1.82, 2.24) is 24.6 Å². The summed E-state index contributed by atoms with van der Waals surface area (Å²) < 4.78 is 19.1. The predicted octanol–water partition coefficient (Wildman–Crippen LogP) is 3.86. The van der Waals surface area contributed by atoms with Crippen LogP contribution in [0.25, 0.3) is 0 Å². The van der Waals surface area contributed by atoms with Crippen molar-refractivity contribution in [2.75, 3.05) is 50.6 Å². The third-order valence-electron chi connectivity index (χ3n) is 6.02. The molecule has 1 saturated carbocycles. The third kappa shape index (κ3) is 7.12. The Labute approximate surface area is 230 Å². The molecule has 0 spiro atoms. The summed E-state index contributed by atoms with van der Waals surface area (Å²) >= 11 is 12.4. The van der Waals surface area contributed by atoms with Gasteiger partial charge in [0.15, 0.2) is 0 Å². The maximum atomic E-state index is 13.1. The van der Waals surface area contributed by atoms with E-state index in [0.29, 0.717) is 47.3 Å². The van der Waals surface area contributed by atoms with Crippen molar-refractivity contribution < 1.29 is 19.0 Å². The molecule has 1 saturated heterocycles. The second kappa shape index (κ2) is 12.3. The van der Waals surface area contributed by atoms with Gasteiger partial charge in [0.1, 0.15) is 12.2 Å². The first-order chi connectivity index (χ1) is 18.4. The molecule has 202 valence electrons. The zero-order valence-corrected chi connectivity index (χ0v) is 22.4. The van der Waals surface area contributed by atoms with Gasteiger partial charge in [0.25, 0.3) is 5.91 Å². The normalized spacial score (nSPS) is 17.8. The van der Waals surface area contributed by atoms with Gasteiger partial charge in [-0.15, -0.1) is 0 Å². The van der Waals surface area contributed by atoms with Crippen LogP contribution in [0.15, 0.2) is 36.8 Å². The number of nitrogens with one attached hydrogen (secondary N) is 2. The molecule has 0 unspecified atom stereocenters. The number of ether oxygens (including phenoxy) is 3. The maximum absolute atomic E-state index is 13.1. The number of morpholine rings is 1. The number of hydrogen-bond acceptors (Lipinski definition) is 9. The maximum Gasteiger partial charge on any atom is 0.262 e. The molecule has 2 aliphatic rings. The minimum Gasteiger partial charge on any atom is -0.475 e. The molecule has 3 aromatic rings. The zero-order valence-electron chi connectivity index (χ0n) is 20.9. The molecule has 1 aliphatic carbocycles. The SMILES string of the molecule is CN1CCO[C@H](Cn2cc(Nc3ncc(C(=O)Nc4c(Cl)cccc4Cl)c(OCCOC4CC4)n3)cn2)C1. The van der Waals surface area contributed by atoms with Crippen molar-refractivity contribution >= 4 is 46.4 Å². The summed E-state index contributed by atoms with van der Waals surface area (Å²) in [5.74, 6) is -0.146. The summed E-state index contributed by atoms with van der Waals surface area (Å²) in [5, 5.41) is 10.9. The van der Waals surface area contributed by atoms with Crippen LogP contribution in [0.1, 0.15) is 23.2 Å². The van der Waals surface area contributed by atoms with E-state index >= 15 is 0 Å². The van der Waals surface area contributed by atoms with Crippen molar-refractivity contribution in [3.63, 3.8) is 0 Å². The second-order valence-electron chi connectivity index (χ2n) is 9.21. The number of aromatic nitrogens is 4. The van der Waals surface area contributed by atoms with Gasteiger partial charge in [-0.3, -0.25) is 9.48 Å². The molecule has 1 aliphatic heterocycles. The van der Waals surface area contributed by atoms with E-state index in [0.717, 1.165) is 25.9 Å². The molecule has 0 radical (unpaired) electrons. The lowest BCUT2D eigenvalue weighted by atomic mass is 10.2. The smallest absolute Gasteiger partial charge is 0.262 e. The number of rotatable bonds is 11. The molecular formula is C25H29Cl2N7O4. The minimum absolute atomic E-state index is 0.0695. The summed E-state index contributed by atoms with van der Waals surface area (Å²) in [7, 11) is 2.08. The van der Waals surface area contributed by atoms with E-state index in [1.807, 2.05) is 10.9 Å². The van der Waals surface area contributed by atoms with Gasteiger partial charge < -0.3 is 29.7 Å². The predicted molar refractivity (Wildman–Crippen MR) is 144 cm³/mol. The Morgan fingerprint density at radius 2 is 2.03 bits per heavy atom. The van der Waals surface area contributed by atoms with Crippen LogP contribution >= 0.6 is 23.2 Å². The van der Waals surface area contributed by atoms with E-state index in [1.165, 1.54) is 6.20 Å². The number of nitrogens with zero attached hydrogens (tertiary/aromatic N) is 5. The number of halogens is 2. The fraction of sp³-hybridized carbons (Fsp3) is 0.440. The lowest BCUT2D eigenvalue weighted by molar-refractivity contribution is -0.0290. The number of carbonyl (C=O) groups excluding carboxylic acids is 1. The van der Waals surface area contributed by atoms with Crippen molar-refractivity contribution in [3.8, 4) is 5.88 Å². The summed E-state index contributed by atoms with van der Waals surface area (Å²) in [6.45, 7) is 3.73. The Kier molecular flexibility index (Phi) is 8.60. The van der Waals surface area contributed by atoms with Gasteiger partial charge in [-0.2, -0.15) is 10.1 Å². The molecular weight excluding hydrogens is 533 g/mol. The van der Waals surface area contributed by atoms with Gasteiger partial charge in [-0.25, -0.2) is 4.98 Å². The molecule has 2 aromatic heterocycles. The molecule has 1 amide bonds. The third-order valence-corrected chi connectivity index (χ3v) is 6.65.